The van der Waals surface area contributed by atoms with E-state index in [1.165, 1.54) is 12.1 Å². The van der Waals surface area contributed by atoms with Gasteiger partial charge < -0.3 is 15.9 Å². The minimum Gasteiger partial charge on any atom is -0.506 e. The van der Waals surface area contributed by atoms with E-state index >= 15 is 0 Å². The topological polar surface area (TPSA) is 114 Å². The van der Waals surface area contributed by atoms with Crippen LogP contribution in [-0.4, -0.2) is 35.9 Å². The van der Waals surface area contributed by atoms with Crippen LogP contribution in [-0.2, 0) is 15.6 Å². The van der Waals surface area contributed by atoms with Gasteiger partial charge in [0.1, 0.15) is 11.9 Å². The summed E-state index contributed by atoms with van der Waals surface area (Å²) in [5.41, 5.74) is 5.91. The molecule has 0 aliphatic rings. The maximum absolute atomic E-state index is 11.3. The van der Waals surface area contributed by atoms with E-state index in [0.717, 1.165) is 6.26 Å². The maximum atomic E-state index is 11.3. The fraction of sp³-hybridized carbons (Fsp3) is 0.615. The summed E-state index contributed by atoms with van der Waals surface area (Å²) >= 11 is 0. The zero-order valence-electron chi connectivity index (χ0n) is 12.2. The van der Waals surface area contributed by atoms with Crippen LogP contribution in [0.15, 0.2) is 12.1 Å². The third-order valence-corrected chi connectivity index (χ3v) is 3.81. The number of nitrogens with zero attached hydrogens (tertiary/aromatic N) is 1. The van der Waals surface area contributed by atoms with Crippen molar-refractivity contribution >= 4 is 9.84 Å². The van der Waals surface area contributed by atoms with Crippen LogP contribution < -0.4 is 5.73 Å². The molecule has 1 heterocycles. The van der Waals surface area contributed by atoms with E-state index < -0.39 is 22.0 Å². The largest absolute Gasteiger partial charge is 0.506 e. The summed E-state index contributed by atoms with van der Waals surface area (Å²) in [6.45, 7) is 5.66. The summed E-state index contributed by atoms with van der Waals surface area (Å²) < 4.78 is 22.6. The summed E-state index contributed by atoms with van der Waals surface area (Å²) in [6, 6.07) is 2.20. The molecule has 0 spiro atoms. The first-order valence-electron chi connectivity index (χ1n) is 6.22. The number of sulfone groups is 1. The van der Waals surface area contributed by atoms with Crippen LogP contribution in [0.3, 0.4) is 0 Å². The van der Waals surface area contributed by atoms with E-state index in [9.17, 15) is 18.6 Å². The standard InChI is InChI=1S/C13H22N2O4S/c1-13(2,3)12(14)11(17)8-5-6-10(16)9(15-8)7-20(4,18)19/h5-6,11-12,16-17H,7,14H2,1-4H3. The lowest BCUT2D eigenvalue weighted by molar-refractivity contribution is 0.0889. The Balaban J connectivity index is 3.12. The van der Waals surface area contributed by atoms with Crippen LogP contribution in [0, 0.1) is 5.41 Å². The Morgan fingerprint density at radius 2 is 1.90 bits per heavy atom. The summed E-state index contributed by atoms with van der Waals surface area (Å²) in [5, 5.41) is 19.9. The van der Waals surface area contributed by atoms with Crippen molar-refractivity contribution in [3.63, 3.8) is 0 Å². The summed E-state index contributed by atoms with van der Waals surface area (Å²) in [6.07, 6.45) is 0.0203. The van der Waals surface area contributed by atoms with Crippen LogP contribution in [0.4, 0.5) is 0 Å². The molecular formula is C13H22N2O4S. The van der Waals surface area contributed by atoms with Gasteiger partial charge >= 0.3 is 0 Å². The Morgan fingerprint density at radius 1 is 1.35 bits per heavy atom. The smallest absolute Gasteiger partial charge is 0.153 e. The van der Waals surface area contributed by atoms with Gasteiger partial charge in [-0.1, -0.05) is 20.8 Å². The van der Waals surface area contributed by atoms with Gasteiger partial charge in [0.05, 0.1) is 17.1 Å². The van der Waals surface area contributed by atoms with Gasteiger partial charge in [-0.05, 0) is 17.5 Å². The van der Waals surface area contributed by atoms with Crippen molar-refractivity contribution in [2.45, 2.75) is 38.7 Å². The quantitative estimate of drug-likeness (QED) is 0.756. The van der Waals surface area contributed by atoms with Crippen molar-refractivity contribution < 1.29 is 18.6 Å². The van der Waals surface area contributed by atoms with Crippen LogP contribution in [0.2, 0.25) is 0 Å². The van der Waals surface area contributed by atoms with Crippen molar-refractivity contribution in [2.24, 2.45) is 11.1 Å². The van der Waals surface area contributed by atoms with Crippen LogP contribution in [0.25, 0.3) is 0 Å². The number of nitrogens with two attached hydrogens (primary N) is 1. The Hall–Kier alpha value is -1.18. The zero-order chi connectivity index (χ0) is 15.7. The second kappa shape index (κ2) is 5.67. The fourth-order valence-corrected chi connectivity index (χ4v) is 2.40. The number of aliphatic hydroxyl groups is 1. The predicted molar refractivity (Wildman–Crippen MR) is 76.8 cm³/mol. The lowest BCUT2D eigenvalue weighted by Gasteiger charge is -2.31. The van der Waals surface area contributed by atoms with Crippen LogP contribution >= 0.6 is 0 Å². The Labute approximate surface area is 119 Å². The van der Waals surface area contributed by atoms with Crippen molar-refractivity contribution in [1.29, 1.82) is 0 Å². The molecule has 0 aliphatic heterocycles. The van der Waals surface area contributed by atoms with Gasteiger partial charge in [-0.2, -0.15) is 0 Å². The summed E-state index contributed by atoms with van der Waals surface area (Å²) in [7, 11) is -3.33. The molecule has 1 rings (SSSR count). The number of hydrogen-bond donors (Lipinski definition) is 3. The monoisotopic (exact) mass is 302 g/mol. The number of aromatic hydroxyl groups is 1. The Morgan fingerprint density at radius 3 is 2.35 bits per heavy atom. The average molecular weight is 302 g/mol. The average Bonchev–Trinajstić information content (AvgIpc) is 2.27. The van der Waals surface area contributed by atoms with E-state index in [-0.39, 0.29) is 28.3 Å². The number of rotatable bonds is 4. The fourth-order valence-electron chi connectivity index (χ4n) is 1.69. The highest BCUT2D eigenvalue weighted by molar-refractivity contribution is 7.89. The lowest BCUT2D eigenvalue weighted by Crippen LogP contribution is -2.40. The zero-order valence-corrected chi connectivity index (χ0v) is 13.0. The van der Waals surface area contributed by atoms with E-state index in [4.69, 9.17) is 5.73 Å². The highest BCUT2D eigenvalue weighted by Gasteiger charge is 2.30. The molecule has 0 aliphatic carbocycles. The number of hydrogen-bond acceptors (Lipinski definition) is 6. The molecule has 0 radical (unpaired) electrons. The van der Waals surface area contributed by atoms with Gasteiger partial charge in [-0.3, -0.25) is 4.98 Å². The van der Waals surface area contributed by atoms with Gasteiger partial charge in [-0.25, -0.2) is 8.42 Å². The second-order valence-electron chi connectivity index (χ2n) is 6.11. The highest BCUT2D eigenvalue weighted by atomic mass is 32.2. The highest BCUT2D eigenvalue weighted by Crippen LogP contribution is 2.29. The molecule has 1 aromatic heterocycles. The lowest BCUT2D eigenvalue weighted by atomic mass is 9.83. The molecular weight excluding hydrogens is 280 g/mol. The second-order valence-corrected chi connectivity index (χ2v) is 8.25. The molecule has 0 bridgehead atoms. The predicted octanol–water partition coefficient (Wildman–Crippen LogP) is 0.739. The molecule has 0 amide bonds. The molecule has 20 heavy (non-hydrogen) atoms. The normalized spacial score (nSPS) is 15.9. The minimum absolute atomic E-state index is 0.0187. The molecule has 114 valence electrons. The van der Waals surface area contributed by atoms with Gasteiger partial charge in [0, 0.05) is 12.3 Å². The van der Waals surface area contributed by atoms with Crippen LogP contribution in [0.1, 0.15) is 38.3 Å². The van der Waals surface area contributed by atoms with Crippen LogP contribution in [0.5, 0.6) is 5.75 Å². The molecule has 7 heteroatoms. The van der Waals surface area contributed by atoms with E-state index in [2.05, 4.69) is 4.98 Å². The van der Waals surface area contributed by atoms with E-state index in [1.807, 2.05) is 20.8 Å². The molecule has 4 N–H and O–H groups in total. The molecule has 2 unspecified atom stereocenters. The Kier molecular flexibility index (Phi) is 4.78. The number of aliphatic hydroxyl groups excluding tert-OH is 1. The summed E-state index contributed by atoms with van der Waals surface area (Å²) in [4.78, 5) is 4.03. The molecule has 0 aromatic carbocycles. The van der Waals surface area contributed by atoms with E-state index in [1.54, 1.807) is 0 Å². The van der Waals surface area contributed by atoms with Gasteiger partial charge in [-0.15, -0.1) is 0 Å². The van der Waals surface area contributed by atoms with Crippen molar-refractivity contribution in [2.75, 3.05) is 6.26 Å². The maximum Gasteiger partial charge on any atom is 0.153 e. The SMILES string of the molecule is CC(C)(C)C(N)C(O)c1ccc(O)c(CS(C)(=O)=O)n1. The molecule has 0 fully saturated rings. The first-order valence-corrected chi connectivity index (χ1v) is 8.28. The number of aromatic nitrogens is 1. The molecule has 2 atom stereocenters. The summed E-state index contributed by atoms with van der Waals surface area (Å²) in [5.74, 6) is -0.597. The van der Waals surface area contributed by atoms with Crippen molar-refractivity contribution in [3.05, 3.63) is 23.5 Å². The first-order chi connectivity index (χ1) is 8.92. The molecule has 0 saturated carbocycles. The van der Waals surface area contributed by atoms with Gasteiger partial charge in [0.25, 0.3) is 0 Å². The van der Waals surface area contributed by atoms with Crippen molar-refractivity contribution in [1.82, 2.24) is 4.98 Å². The molecule has 6 nitrogen and oxygen atoms in total. The number of pyridine rings is 1. The van der Waals surface area contributed by atoms with Crippen molar-refractivity contribution in [3.8, 4) is 5.75 Å². The van der Waals surface area contributed by atoms with Gasteiger partial charge in [0.2, 0.25) is 0 Å². The minimum atomic E-state index is -3.33. The third-order valence-electron chi connectivity index (χ3n) is 3.01. The third kappa shape index (κ3) is 4.43. The first kappa shape index (κ1) is 16.9. The molecule has 0 saturated heterocycles. The van der Waals surface area contributed by atoms with Gasteiger partial charge in [0.15, 0.2) is 9.84 Å². The Bertz CT molecular complexity index is 579. The van der Waals surface area contributed by atoms with E-state index in [0.29, 0.717) is 0 Å². The molecule has 1 aromatic rings.